The molecule has 0 saturated carbocycles. The van der Waals surface area contributed by atoms with E-state index in [1.165, 1.54) is 11.6 Å². The molecule has 3 amide bonds. The number of amides is 3. The molecular formula is C15H15ClN4O3S. The maximum atomic E-state index is 12.6. The molecule has 0 spiro atoms. The van der Waals surface area contributed by atoms with E-state index in [4.69, 9.17) is 11.6 Å². The number of carbonyl (C=O) groups is 2. The standard InChI is InChI=1S/C15H15ClN4O3S/c1-3-6-20-13(22)10-5-4-9(16)7-11(10)18-15(20)24-8-12(21)19-14(23)17-2/h3-5,7H,1,6,8H2,2H3,(H2,17,19,21,23). The molecule has 0 aliphatic rings. The Labute approximate surface area is 147 Å². The third-order valence-corrected chi connectivity index (χ3v) is 4.22. The number of hydrogen-bond acceptors (Lipinski definition) is 5. The van der Waals surface area contributed by atoms with Gasteiger partial charge in [-0.15, -0.1) is 6.58 Å². The summed E-state index contributed by atoms with van der Waals surface area (Å²) in [5, 5.41) is 5.67. The smallest absolute Gasteiger partial charge is 0.321 e. The number of benzene rings is 1. The van der Waals surface area contributed by atoms with Crippen molar-refractivity contribution in [2.45, 2.75) is 11.7 Å². The zero-order chi connectivity index (χ0) is 17.7. The van der Waals surface area contributed by atoms with Gasteiger partial charge in [0.2, 0.25) is 5.91 Å². The highest BCUT2D eigenvalue weighted by molar-refractivity contribution is 7.99. The maximum Gasteiger partial charge on any atom is 0.321 e. The molecule has 0 atom stereocenters. The van der Waals surface area contributed by atoms with Crippen molar-refractivity contribution in [3.05, 3.63) is 46.2 Å². The number of urea groups is 1. The molecule has 24 heavy (non-hydrogen) atoms. The lowest BCUT2D eigenvalue weighted by Crippen LogP contribution is -2.38. The summed E-state index contributed by atoms with van der Waals surface area (Å²) in [6.45, 7) is 3.88. The van der Waals surface area contributed by atoms with Gasteiger partial charge in [-0.25, -0.2) is 9.78 Å². The molecule has 7 nitrogen and oxygen atoms in total. The van der Waals surface area contributed by atoms with Crippen molar-refractivity contribution in [1.29, 1.82) is 0 Å². The van der Waals surface area contributed by atoms with Crippen LogP contribution in [-0.2, 0) is 11.3 Å². The number of nitrogens with zero attached hydrogens (tertiary/aromatic N) is 2. The number of aromatic nitrogens is 2. The summed E-state index contributed by atoms with van der Waals surface area (Å²) < 4.78 is 1.42. The van der Waals surface area contributed by atoms with Crippen LogP contribution in [0.4, 0.5) is 4.79 Å². The predicted molar refractivity (Wildman–Crippen MR) is 94.5 cm³/mol. The number of fused-ring (bicyclic) bond motifs is 1. The van der Waals surface area contributed by atoms with Crippen LogP contribution >= 0.6 is 23.4 Å². The molecule has 2 N–H and O–H groups in total. The number of rotatable bonds is 5. The molecule has 0 fully saturated rings. The summed E-state index contributed by atoms with van der Waals surface area (Å²) in [6, 6.07) is 4.22. The summed E-state index contributed by atoms with van der Waals surface area (Å²) >= 11 is 7.00. The van der Waals surface area contributed by atoms with Crippen LogP contribution < -0.4 is 16.2 Å². The highest BCUT2D eigenvalue weighted by atomic mass is 35.5. The van der Waals surface area contributed by atoms with Crippen LogP contribution in [0.2, 0.25) is 5.02 Å². The van der Waals surface area contributed by atoms with E-state index in [-0.39, 0.29) is 17.9 Å². The van der Waals surface area contributed by atoms with Crippen molar-refractivity contribution in [3.63, 3.8) is 0 Å². The van der Waals surface area contributed by atoms with Crippen LogP contribution in [0, 0.1) is 0 Å². The highest BCUT2D eigenvalue weighted by Gasteiger charge is 2.14. The molecule has 0 unspecified atom stereocenters. The van der Waals surface area contributed by atoms with Crippen molar-refractivity contribution in [2.75, 3.05) is 12.8 Å². The Bertz CT molecular complexity index is 866. The van der Waals surface area contributed by atoms with Gasteiger partial charge in [0.1, 0.15) is 0 Å². The molecule has 1 heterocycles. The van der Waals surface area contributed by atoms with E-state index < -0.39 is 11.9 Å². The topological polar surface area (TPSA) is 93.1 Å². The SMILES string of the molecule is C=CCn1c(SCC(=O)NC(=O)NC)nc2cc(Cl)ccc2c1=O. The normalized spacial score (nSPS) is 10.4. The van der Waals surface area contributed by atoms with Crippen LogP contribution in [0.3, 0.4) is 0 Å². The zero-order valence-electron chi connectivity index (χ0n) is 12.8. The van der Waals surface area contributed by atoms with Gasteiger partial charge in [0.05, 0.1) is 16.7 Å². The van der Waals surface area contributed by atoms with E-state index in [0.29, 0.717) is 21.1 Å². The van der Waals surface area contributed by atoms with Gasteiger partial charge in [0.15, 0.2) is 5.16 Å². The number of carbonyl (C=O) groups excluding carboxylic acids is 2. The summed E-state index contributed by atoms with van der Waals surface area (Å²) in [5.41, 5.74) is 0.202. The second-order valence-corrected chi connectivity index (χ2v) is 6.06. The van der Waals surface area contributed by atoms with Gasteiger partial charge < -0.3 is 5.32 Å². The van der Waals surface area contributed by atoms with Gasteiger partial charge in [-0.05, 0) is 18.2 Å². The number of imide groups is 1. The summed E-state index contributed by atoms with van der Waals surface area (Å²) in [4.78, 5) is 39.8. The minimum absolute atomic E-state index is 0.0664. The molecule has 0 saturated heterocycles. The average Bonchev–Trinajstić information content (AvgIpc) is 2.55. The predicted octanol–water partition coefficient (Wildman–Crippen LogP) is 1.78. The first-order valence-electron chi connectivity index (χ1n) is 6.91. The van der Waals surface area contributed by atoms with Crippen LogP contribution in [-0.4, -0.2) is 34.3 Å². The van der Waals surface area contributed by atoms with E-state index in [1.807, 2.05) is 0 Å². The second kappa shape index (κ2) is 7.98. The minimum atomic E-state index is -0.595. The first-order chi connectivity index (χ1) is 11.5. The Kier molecular flexibility index (Phi) is 5.99. The van der Waals surface area contributed by atoms with Crippen LogP contribution in [0.1, 0.15) is 0 Å². The van der Waals surface area contributed by atoms with Gasteiger partial charge in [-0.3, -0.25) is 19.5 Å². The Morgan fingerprint density at radius 2 is 2.21 bits per heavy atom. The Balaban J connectivity index is 2.35. The fourth-order valence-electron chi connectivity index (χ4n) is 1.93. The summed E-state index contributed by atoms with van der Waals surface area (Å²) in [5.74, 6) is -0.562. The Morgan fingerprint density at radius 1 is 1.46 bits per heavy atom. The number of halogens is 1. The summed E-state index contributed by atoms with van der Waals surface area (Å²) in [6.07, 6.45) is 1.57. The minimum Gasteiger partial charge on any atom is -0.341 e. The molecular weight excluding hydrogens is 352 g/mol. The fourth-order valence-corrected chi connectivity index (χ4v) is 2.90. The van der Waals surface area contributed by atoms with Crippen molar-refractivity contribution < 1.29 is 9.59 Å². The summed E-state index contributed by atoms with van der Waals surface area (Å²) in [7, 11) is 1.41. The van der Waals surface area contributed by atoms with E-state index in [1.54, 1.807) is 24.3 Å². The Hall–Kier alpha value is -2.32. The van der Waals surface area contributed by atoms with E-state index in [0.717, 1.165) is 11.8 Å². The van der Waals surface area contributed by atoms with Crippen LogP contribution in [0.5, 0.6) is 0 Å². The molecule has 0 bridgehead atoms. The largest absolute Gasteiger partial charge is 0.341 e. The monoisotopic (exact) mass is 366 g/mol. The number of nitrogens with one attached hydrogen (secondary N) is 2. The number of hydrogen-bond donors (Lipinski definition) is 2. The van der Waals surface area contributed by atoms with Gasteiger partial charge in [-0.2, -0.15) is 0 Å². The van der Waals surface area contributed by atoms with Crippen molar-refractivity contribution in [3.8, 4) is 0 Å². The van der Waals surface area contributed by atoms with Crippen molar-refractivity contribution >= 4 is 46.2 Å². The molecule has 2 rings (SSSR count). The van der Waals surface area contributed by atoms with Crippen molar-refractivity contribution in [1.82, 2.24) is 20.2 Å². The second-order valence-electron chi connectivity index (χ2n) is 4.68. The number of thioether (sulfide) groups is 1. The molecule has 2 aromatic rings. The molecule has 1 aromatic carbocycles. The van der Waals surface area contributed by atoms with E-state index >= 15 is 0 Å². The maximum absolute atomic E-state index is 12.6. The molecule has 9 heteroatoms. The first kappa shape index (κ1) is 18.0. The van der Waals surface area contributed by atoms with E-state index in [2.05, 4.69) is 22.2 Å². The molecule has 0 aliphatic carbocycles. The van der Waals surface area contributed by atoms with Gasteiger partial charge in [0, 0.05) is 18.6 Å². The first-order valence-corrected chi connectivity index (χ1v) is 8.28. The number of allylic oxidation sites excluding steroid dienone is 1. The zero-order valence-corrected chi connectivity index (χ0v) is 14.4. The van der Waals surface area contributed by atoms with Crippen LogP contribution in [0.25, 0.3) is 10.9 Å². The van der Waals surface area contributed by atoms with Crippen LogP contribution in [0.15, 0.2) is 40.8 Å². The van der Waals surface area contributed by atoms with Crippen molar-refractivity contribution in [2.24, 2.45) is 0 Å². The van der Waals surface area contributed by atoms with E-state index in [9.17, 15) is 14.4 Å². The molecule has 1 aromatic heterocycles. The quantitative estimate of drug-likeness (QED) is 0.478. The fraction of sp³-hybridized carbons (Fsp3) is 0.200. The van der Waals surface area contributed by atoms with Gasteiger partial charge in [0.25, 0.3) is 5.56 Å². The van der Waals surface area contributed by atoms with Gasteiger partial charge in [-0.1, -0.05) is 29.4 Å². The average molecular weight is 367 g/mol. The molecule has 0 radical (unpaired) electrons. The molecule has 0 aliphatic heterocycles. The third-order valence-electron chi connectivity index (χ3n) is 3.01. The lowest BCUT2D eigenvalue weighted by molar-refractivity contribution is -0.117. The lowest BCUT2D eigenvalue weighted by Gasteiger charge is -2.11. The highest BCUT2D eigenvalue weighted by Crippen LogP contribution is 2.20. The third kappa shape index (κ3) is 4.15. The lowest BCUT2D eigenvalue weighted by atomic mass is 10.2. The Morgan fingerprint density at radius 3 is 2.88 bits per heavy atom. The van der Waals surface area contributed by atoms with Gasteiger partial charge >= 0.3 is 6.03 Å². The molecule has 126 valence electrons.